The van der Waals surface area contributed by atoms with Crippen LogP contribution in [0.2, 0.25) is 0 Å². The van der Waals surface area contributed by atoms with Crippen LogP contribution >= 0.6 is 0 Å². The average molecular weight is 265 g/mol. The highest BCUT2D eigenvalue weighted by atomic mass is 16.1. The fraction of sp³-hybridized carbons (Fsp3) is 0.941. The SMILES string of the molecule is CCC(CC)CNC(=O)C1CCC2CCCCC2C1. The molecule has 2 fully saturated rings. The van der Waals surface area contributed by atoms with E-state index in [1.165, 1.54) is 51.4 Å². The van der Waals surface area contributed by atoms with Gasteiger partial charge in [0.2, 0.25) is 5.91 Å². The molecule has 2 aliphatic rings. The quantitative estimate of drug-likeness (QED) is 0.795. The van der Waals surface area contributed by atoms with Gasteiger partial charge in [-0.2, -0.15) is 0 Å². The van der Waals surface area contributed by atoms with E-state index in [-0.39, 0.29) is 0 Å². The number of rotatable bonds is 5. The summed E-state index contributed by atoms with van der Waals surface area (Å²) in [6, 6.07) is 0. The van der Waals surface area contributed by atoms with Gasteiger partial charge in [-0.1, -0.05) is 52.4 Å². The third-order valence-electron chi connectivity index (χ3n) is 5.63. The summed E-state index contributed by atoms with van der Waals surface area (Å²) in [6.07, 6.45) is 11.6. The largest absolute Gasteiger partial charge is 0.356 e. The Balaban J connectivity index is 1.77. The zero-order chi connectivity index (χ0) is 13.7. The Kier molecular flexibility index (Phi) is 5.72. The van der Waals surface area contributed by atoms with Crippen molar-refractivity contribution >= 4 is 5.91 Å². The van der Waals surface area contributed by atoms with Gasteiger partial charge in [0, 0.05) is 12.5 Å². The van der Waals surface area contributed by atoms with Crippen LogP contribution in [0.1, 0.15) is 71.6 Å². The van der Waals surface area contributed by atoms with Crippen LogP contribution in [0.15, 0.2) is 0 Å². The smallest absolute Gasteiger partial charge is 0.223 e. The second kappa shape index (κ2) is 7.31. The van der Waals surface area contributed by atoms with Crippen LogP contribution in [0.3, 0.4) is 0 Å². The van der Waals surface area contributed by atoms with E-state index < -0.39 is 0 Å². The summed E-state index contributed by atoms with van der Waals surface area (Å²) in [4.78, 5) is 12.3. The molecule has 0 radical (unpaired) electrons. The molecule has 2 saturated carbocycles. The van der Waals surface area contributed by atoms with E-state index in [4.69, 9.17) is 0 Å². The molecule has 3 atom stereocenters. The minimum absolute atomic E-state index is 0.314. The lowest BCUT2D eigenvalue weighted by Crippen LogP contribution is -2.39. The molecule has 0 aromatic rings. The Morgan fingerprint density at radius 3 is 2.42 bits per heavy atom. The van der Waals surface area contributed by atoms with Crippen molar-refractivity contribution in [2.45, 2.75) is 71.6 Å². The first-order chi connectivity index (χ1) is 9.24. The van der Waals surface area contributed by atoms with E-state index in [9.17, 15) is 4.79 Å². The van der Waals surface area contributed by atoms with Crippen molar-refractivity contribution < 1.29 is 4.79 Å². The molecule has 19 heavy (non-hydrogen) atoms. The molecule has 0 bridgehead atoms. The van der Waals surface area contributed by atoms with Gasteiger partial charge in [-0.05, 0) is 37.0 Å². The van der Waals surface area contributed by atoms with Crippen molar-refractivity contribution in [2.24, 2.45) is 23.7 Å². The van der Waals surface area contributed by atoms with Gasteiger partial charge in [-0.3, -0.25) is 4.79 Å². The molecular formula is C17H31NO. The van der Waals surface area contributed by atoms with Gasteiger partial charge >= 0.3 is 0 Å². The second-order valence-electron chi connectivity index (χ2n) is 6.74. The summed E-state index contributed by atoms with van der Waals surface area (Å²) in [5.41, 5.74) is 0. The molecule has 2 rings (SSSR count). The van der Waals surface area contributed by atoms with Crippen LogP contribution in [0, 0.1) is 23.7 Å². The maximum Gasteiger partial charge on any atom is 0.223 e. The van der Waals surface area contributed by atoms with Crippen LogP contribution in [0.5, 0.6) is 0 Å². The number of amides is 1. The lowest BCUT2D eigenvalue weighted by molar-refractivity contribution is -0.127. The highest BCUT2D eigenvalue weighted by Crippen LogP contribution is 2.42. The zero-order valence-electron chi connectivity index (χ0n) is 12.8. The number of carbonyl (C=O) groups is 1. The van der Waals surface area contributed by atoms with E-state index in [0.717, 1.165) is 24.8 Å². The summed E-state index contributed by atoms with van der Waals surface area (Å²) < 4.78 is 0. The van der Waals surface area contributed by atoms with Gasteiger partial charge in [-0.15, -0.1) is 0 Å². The van der Waals surface area contributed by atoms with Crippen LogP contribution in [-0.2, 0) is 4.79 Å². The Labute approximate surface area is 118 Å². The van der Waals surface area contributed by atoms with E-state index in [0.29, 0.717) is 17.7 Å². The van der Waals surface area contributed by atoms with Crippen LogP contribution in [0.25, 0.3) is 0 Å². The monoisotopic (exact) mass is 265 g/mol. The minimum atomic E-state index is 0.314. The molecule has 0 aromatic heterocycles. The van der Waals surface area contributed by atoms with Crippen molar-refractivity contribution in [1.82, 2.24) is 5.32 Å². The normalized spacial score (nSPS) is 31.0. The molecule has 0 heterocycles. The first-order valence-corrected chi connectivity index (χ1v) is 8.52. The molecule has 0 spiro atoms. The minimum Gasteiger partial charge on any atom is -0.356 e. The van der Waals surface area contributed by atoms with Crippen molar-refractivity contribution in [3.8, 4) is 0 Å². The molecule has 2 heteroatoms. The predicted molar refractivity (Wildman–Crippen MR) is 79.9 cm³/mol. The lowest BCUT2D eigenvalue weighted by atomic mass is 9.67. The number of hydrogen-bond acceptors (Lipinski definition) is 1. The molecular weight excluding hydrogens is 234 g/mol. The van der Waals surface area contributed by atoms with Crippen LogP contribution in [-0.4, -0.2) is 12.5 Å². The van der Waals surface area contributed by atoms with Gasteiger partial charge in [0.1, 0.15) is 0 Å². The highest BCUT2D eigenvalue weighted by Gasteiger charge is 2.34. The van der Waals surface area contributed by atoms with Crippen molar-refractivity contribution in [3.63, 3.8) is 0 Å². The van der Waals surface area contributed by atoms with E-state index in [2.05, 4.69) is 19.2 Å². The summed E-state index contributed by atoms with van der Waals surface area (Å²) in [5, 5.41) is 3.21. The zero-order valence-corrected chi connectivity index (χ0v) is 12.8. The Morgan fingerprint density at radius 1 is 1.05 bits per heavy atom. The van der Waals surface area contributed by atoms with Gasteiger partial charge < -0.3 is 5.32 Å². The average Bonchev–Trinajstić information content (AvgIpc) is 2.47. The molecule has 0 saturated heterocycles. The first kappa shape index (κ1) is 14.9. The first-order valence-electron chi connectivity index (χ1n) is 8.52. The number of nitrogens with one attached hydrogen (secondary N) is 1. The molecule has 2 aliphatic carbocycles. The summed E-state index contributed by atoms with van der Waals surface area (Å²) in [7, 11) is 0. The maximum absolute atomic E-state index is 12.3. The summed E-state index contributed by atoms with van der Waals surface area (Å²) >= 11 is 0. The number of fused-ring (bicyclic) bond motifs is 1. The summed E-state index contributed by atoms with van der Waals surface area (Å²) in [6.45, 7) is 5.32. The van der Waals surface area contributed by atoms with Crippen LogP contribution < -0.4 is 5.32 Å². The Hall–Kier alpha value is -0.530. The molecule has 2 nitrogen and oxygen atoms in total. The topological polar surface area (TPSA) is 29.1 Å². The molecule has 110 valence electrons. The molecule has 1 amide bonds. The molecule has 1 N–H and O–H groups in total. The highest BCUT2D eigenvalue weighted by molar-refractivity contribution is 5.78. The number of carbonyl (C=O) groups excluding carboxylic acids is 1. The predicted octanol–water partition coefficient (Wildman–Crippen LogP) is 4.15. The molecule has 3 unspecified atom stereocenters. The summed E-state index contributed by atoms with van der Waals surface area (Å²) in [5.74, 6) is 3.11. The van der Waals surface area contributed by atoms with Crippen molar-refractivity contribution in [2.75, 3.05) is 6.54 Å². The number of hydrogen-bond donors (Lipinski definition) is 1. The van der Waals surface area contributed by atoms with Crippen LogP contribution in [0.4, 0.5) is 0 Å². The van der Waals surface area contributed by atoms with Crippen molar-refractivity contribution in [1.29, 1.82) is 0 Å². The van der Waals surface area contributed by atoms with Gasteiger partial charge in [-0.25, -0.2) is 0 Å². The van der Waals surface area contributed by atoms with Crippen molar-refractivity contribution in [3.05, 3.63) is 0 Å². The third kappa shape index (κ3) is 3.97. The Bertz CT molecular complexity index is 285. The third-order valence-corrected chi connectivity index (χ3v) is 5.63. The van der Waals surface area contributed by atoms with Gasteiger partial charge in [0.15, 0.2) is 0 Å². The fourth-order valence-corrected chi connectivity index (χ4v) is 4.08. The van der Waals surface area contributed by atoms with E-state index in [1.807, 2.05) is 0 Å². The second-order valence-corrected chi connectivity index (χ2v) is 6.74. The van der Waals surface area contributed by atoms with Gasteiger partial charge in [0.05, 0.1) is 0 Å². The maximum atomic E-state index is 12.3. The van der Waals surface area contributed by atoms with Gasteiger partial charge in [0.25, 0.3) is 0 Å². The fourth-order valence-electron chi connectivity index (χ4n) is 4.08. The van der Waals surface area contributed by atoms with E-state index >= 15 is 0 Å². The Morgan fingerprint density at radius 2 is 1.74 bits per heavy atom. The molecule has 0 aromatic carbocycles. The molecule has 0 aliphatic heterocycles. The lowest BCUT2D eigenvalue weighted by Gasteiger charge is -2.38. The van der Waals surface area contributed by atoms with E-state index in [1.54, 1.807) is 0 Å². The standard InChI is InChI=1S/C17H31NO/c1-3-13(4-2)12-18-17(19)16-10-9-14-7-5-6-8-15(14)11-16/h13-16H,3-12H2,1-2H3,(H,18,19).